The monoisotopic (exact) mass is 326 g/mol. The zero-order valence-electron chi connectivity index (χ0n) is 13.7. The highest BCUT2D eigenvalue weighted by molar-refractivity contribution is 5.95. The molecule has 0 saturated heterocycles. The number of methoxy groups -OCH3 is 1. The fourth-order valence-corrected chi connectivity index (χ4v) is 2.55. The minimum atomic E-state index is -0.524. The Morgan fingerprint density at radius 1 is 1.25 bits per heavy atom. The third-order valence-electron chi connectivity index (χ3n) is 3.84. The Hall–Kier alpha value is -3.09. The van der Waals surface area contributed by atoms with E-state index >= 15 is 0 Å². The summed E-state index contributed by atoms with van der Waals surface area (Å²) in [6.07, 6.45) is 3.34. The highest BCUT2D eigenvalue weighted by atomic mass is 16.5. The van der Waals surface area contributed by atoms with E-state index in [-0.39, 0.29) is 11.1 Å². The highest BCUT2D eigenvalue weighted by Crippen LogP contribution is 2.21. The van der Waals surface area contributed by atoms with Crippen molar-refractivity contribution in [1.82, 2.24) is 14.8 Å². The van der Waals surface area contributed by atoms with E-state index in [2.05, 4.69) is 10.2 Å². The minimum absolute atomic E-state index is 0.262. The lowest BCUT2D eigenvalue weighted by molar-refractivity contribution is 0.0600. The molecule has 1 aromatic rings. The molecule has 2 aliphatic heterocycles. The van der Waals surface area contributed by atoms with E-state index in [0.29, 0.717) is 17.8 Å². The molecule has 7 nitrogen and oxygen atoms in total. The zero-order chi connectivity index (χ0) is 17.3. The topological polar surface area (TPSA) is 80.2 Å². The average Bonchev–Trinajstić information content (AvgIpc) is 2.95. The van der Waals surface area contributed by atoms with Crippen LogP contribution in [0.3, 0.4) is 0 Å². The van der Waals surface area contributed by atoms with Gasteiger partial charge in [-0.25, -0.2) is 9.89 Å². The van der Waals surface area contributed by atoms with Gasteiger partial charge in [0.1, 0.15) is 11.3 Å². The summed E-state index contributed by atoms with van der Waals surface area (Å²) in [5.74, 6) is -0.524. The van der Waals surface area contributed by atoms with Gasteiger partial charge in [0.2, 0.25) is 0 Å². The van der Waals surface area contributed by atoms with Gasteiger partial charge in [-0.2, -0.15) is 5.10 Å². The van der Waals surface area contributed by atoms with Crippen molar-refractivity contribution in [3.05, 3.63) is 58.1 Å². The average molecular weight is 326 g/mol. The Balaban J connectivity index is 2.00. The minimum Gasteiger partial charge on any atom is -0.465 e. The van der Waals surface area contributed by atoms with E-state index in [9.17, 15) is 9.59 Å². The number of ether oxygens (including phenoxy) is 1. The normalized spacial score (nSPS) is 10.8. The molecule has 0 radical (unpaired) electrons. The molecule has 0 amide bonds. The van der Waals surface area contributed by atoms with Gasteiger partial charge < -0.3 is 14.2 Å². The van der Waals surface area contributed by atoms with Crippen LogP contribution in [0.1, 0.15) is 15.9 Å². The van der Waals surface area contributed by atoms with Crippen molar-refractivity contribution in [1.29, 1.82) is 0 Å². The number of nitrogens with zero attached hydrogens (tertiary/aromatic N) is 3. The van der Waals surface area contributed by atoms with Crippen molar-refractivity contribution in [2.75, 3.05) is 26.1 Å². The molecule has 0 fully saturated rings. The number of esters is 1. The van der Waals surface area contributed by atoms with E-state index in [1.54, 1.807) is 17.0 Å². The van der Waals surface area contributed by atoms with E-state index < -0.39 is 5.97 Å². The molecule has 0 aliphatic carbocycles. The van der Waals surface area contributed by atoms with Crippen molar-refractivity contribution in [2.45, 2.75) is 6.54 Å². The van der Waals surface area contributed by atoms with E-state index in [1.165, 1.54) is 7.11 Å². The molecule has 2 heterocycles. The predicted octanol–water partition coefficient (Wildman–Crippen LogP) is 1.58. The molecular weight excluding hydrogens is 308 g/mol. The first-order chi connectivity index (χ1) is 11.5. The first-order valence-corrected chi connectivity index (χ1v) is 7.42. The number of fused-ring (bicyclic) bond motifs is 1. The van der Waals surface area contributed by atoms with Crippen LogP contribution < -0.4 is 10.5 Å². The Bertz CT molecular complexity index is 893. The summed E-state index contributed by atoms with van der Waals surface area (Å²) in [6, 6.07) is 8.06. The Kier molecular flexibility index (Phi) is 4.07. The molecule has 2 aliphatic rings. The third kappa shape index (κ3) is 2.88. The largest absolute Gasteiger partial charge is 0.465 e. The van der Waals surface area contributed by atoms with Gasteiger partial charge in [-0.05, 0) is 17.7 Å². The van der Waals surface area contributed by atoms with Crippen LogP contribution in [0.5, 0.6) is 0 Å². The molecule has 1 aromatic carbocycles. The summed E-state index contributed by atoms with van der Waals surface area (Å²) in [5, 5.41) is 6.28. The third-order valence-corrected chi connectivity index (χ3v) is 3.84. The molecular formula is C17H18N4O3. The lowest BCUT2D eigenvalue weighted by Crippen LogP contribution is -2.12. The van der Waals surface area contributed by atoms with Crippen molar-refractivity contribution < 1.29 is 9.53 Å². The standard InChI is InChI=1S/C17H18N4O3/c1-20(2)12-6-4-11(5-7-12)8-21-9-13-15(18-19-16(13)22)14(10-21)17(23)24-3/h4-7,9-10H,8H2,1-3H3,(H,19,22). The lowest BCUT2D eigenvalue weighted by Gasteiger charge is -2.14. The second-order valence-corrected chi connectivity index (χ2v) is 5.71. The molecule has 0 aromatic heterocycles. The number of anilines is 1. The predicted molar refractivity (Wildman–Crippen MR) is 90.7 cm³/mol. The summed E-state index contributed by atoms with van der Waals surface area (Å²) in [7, 11) is 5.26. The fraction of sp³-hybridized carbons (Fsp3) is 0.235. The molecule has 24 heavy (non-hydrogen) atoms. The summed E-state index contributed by atoms with van der Waals surface area (Å²) < 4.78 is 6.58. The SMILES string of the molecule is COC(=O)c1cn(Cc2ccc(N(C)C)cc2)cc2c(=O)[nH]nc1-2. The van der Waals surface area contributed by atoms with Crippen molar-refractivity contribution >= 4 is 11.7 Å². The number of nitrogens with one attached hydrogen (secondary N) is 1. The van der Waals surface area contributed by atoms with Gasteiger partial charge in [-0.3, -0.25) is 4.79 Å². The van der Waals surface area contributed by atoms with Crippen LogP contribution in [0, 0.1) is 0 Å². The molecule has 3 rings (SSSR count). The van der Waals surface area contributed by atoms with Gasteiger partial charge in [0.15, 0.2) is 0 Å². The zero-order valence-corrected chi connectivity index (χ0v) is 13.7. The van der Waals surface area contributed by atoms with Crippen LogP contribution in [0.2, 0.25) is 0 Å². The molecule has 0 spiro atoms. The lowest BCUT2D eigenvalue weighted by atomic mass is 10.1. The number of rotatable bonds is 4. The summed E-state index contributed by atoms with van der Waals surface area (Å²) >= 11 is 0. The Labute approximate surface area is 138 Å². The van der Waals surface area contributed by atoms with Crippen LogP contribution in [0.4, 0.5) is 5.69 Å². The number of aromatic nitrogens is 3. The summed E-state index contributed by atoms with van der Waals surface area (Å²) in [4.78, 5) is 25.9. The molecule has 7 heteroatoms. The maximum absolute atomic E-state index is 12.0. The van der Waals surface area contributed by atoms with Crippen LogP contribution >= 0.6 is 0 Å². The second kappa shape index (κ2) is 6.19. The summed E-state index contributed by atoms with van der Waals surface area (Å²) in [6.45, 7) is 0.526. The number of aromatic amines is 1. The number of hydrogen-bond acceptors (Lipinski definition) is 5. The van der Waals surface area contributed by atoms with E-state index in [0.717, 1.165) is 11.3 Å². The Morgan fingerprint density at radius 3 is 2.58 bits per heavy atom. The van der Waals surface area contributed by atoms with Crippen LogP contribution in [-0.4, -0.2) is 41.9 Å². The van der Waals surface area contributed by atoms with Gasteiger partial charge in [-0.15, -0.1) is 0 Å². The van der Waals surface area contributed by atoms with Gasteiger partial charge in [0.05, 0.1) is 12.7 Å². The number of hydrogen-bond donors (Lipinski definition) is 1. The van der Waals surface area contributed by atoms with Gasteiger partial charge in [0.25, 0.3) is 5.56 Å². The molecule has 0 bridgehead atoms. The van der Waals surface area contributed by atoms with Gasteiger partial charge in [-0.1, -0.05) is 12.1 Å². The maximum Gasteiger partial charge on any atom is 0.341 e. The number of benzene rings is 1. The van der Waals surface area contributed by atoms with Gasteiger partial charge in [0, 0.05) is 38.7 Å². The smallest absolute Gasteiger partial charge is 0.341 e. The highest BCUT2D eigenvalue weighted by Gasteiger charge is 2.21. The first-order valence-electron chi connectivity index (χ1n) is 7.42. The van der Waals surface area contributed by atoms with Crippen LogP contribution in [-0.2, 0) is 11.3 Å². The van der Waals surface area contributed by atoms with Crippen LogP contribution in [0.25, 0.3) is 11.3 Å². The molecule has 0 atom stereocenters. The van der Waals surface area contributed by atoms with Gasteiger partial charge >= 0.3 is 5.97 Å². The quantitative estimate of drug-likeness (QED) is 0.736. The molecule has 0 unspecified atom stereocenters. The van der Waals surface area contributed by atoms with Crippen molar-refractivity contribution in [3.63, 3.8) is 0 Å². The van der Waals surface area contributed by atoms with Crippen molar-refractivity contribution in [2.24, 2.45) is 0 Å². The Morgan fingerprint density at radius 2 is 1.96 bits per heavy atom. The molecule has 0 saturated carbocycles. The number of carbonyl (C=O) groups is 1. The van der Waals surface area contributed by atoms with Crippen LogP contribution in [0.15, 0.2) is 41.5 Å². The number of H-pyrrole nitrogens is 1. The number of carbonyl (C=O) groups excluding carboxylic acids is 1. The number of pyridine rings is 1. The molecule has 124 valence electrons. The first kappa shape index (κ1) is 15.8. The van der Waals surface area contributed by atoms with Crippen molar-refractivity contribution in [3.8, 4) is 11.3 Å². The molecule has 1 N–H and O–H groups in total. The van der Waals surface area contributed by atoms with E-state index in [4.69, 9.17) is 4.74 Å². The summed E-state index contributed by atoms with van der Waals surface area (Å²) in [5.41, 5.74) is 2.78. The maximum atomic E-state index is 12.0. The second-order valence-electron chi connectivity index (χ2n) is 5.71. The fourth-order valence-electron chi connectivity index (χ4n) is 2.55. The van der Waals surface area contributed by atoms with E-state index in [1.807, 2.05) is 43.3 Å².